The molecule has 0 unspecified atom stereocenters. The molecule has 0 aromatic carbocycles. The first-order chi connectivity index (χ1) is 9.95. The van der Waals surface area contributed by atoms with Gasteiger partial charge >= 0.3 is 0 Å². The molecule has 2 fully saturated rings. The quantitative estimate of drug-likeness (QED) is 0.630. The van der Waals surface area contributed by atoms with Crippen LogP contribution in [0.25, 0.3) is 0 Å². The second-order valence-corrected chi connectivity index (χ2v) is 7.96. The Morgan fingerprint density at radius 3 is 2.71 bits per heavy atom. The molecule has 0 aromatic rings. The number of Topliss-reactive ketones (excluding diaryl/α,β-unsaturated/α-hetero) is 1. The van der Waals surface area contributed by atoms with Crippen LogP contribution in [-0.2, 0) is 9.59 Å². The molecule has 112 valence electrons. The highest BCUT2D eigenvalue weighted by Gasteiger charge is 2.55. The SMILES string of the molecule is C[C@]12CCC(=O)C=C1CC[C@@H]1C2=CC[C@@]2(C)C(=O)CC[C@H]12. The summed E-state index contributed by atoms with van der Waals surface area (Å²) in [6.07, 6.45) is 10.9. The van der Waals surface area contributed by atoms with Gasteiger partial charge in [-0.2, -0.15) is 0 Å². The first-order valence-corrected chi connectivity index (χ1v) is 8.43. The van der Waals surface area contributed by atoms with Gasteiger partial charge in [0, 0.05) is 23.7 Å². The maximum absolute atomic E-state index is 12.3. The third-order valence-electron chi connectivity index (χ3n) is 7.05. The Hall–Kier alpha value is -1.18. The summed E-state index contributed by atoms with van der Waals surface area (Å²) >= 11 is 0. The van der Waals surface area contributed by atoms with E-state index in [4.69, 9.17) is 0 Å². The van der Waals surface area contributed by atoms with Crippen LogP contribution in [-0.4, -0.2) is 11.6 Å². The highest BCUT2D eigenvalue weighted by molar-refractivity contribution is 5.92. The van der Waals surface area contributed by atoms with Gasteiger partial charge in [-0.3, -0.25) is 9.59 Å². The van der Waals surface area contributed by atoms with Crippen molar-refractivity contribution in [2.45, 2.75) is 58.8 Å². The fourth-order valence-electron chi connectivity index (χ4n) is 5.64. The summed E-state index contributed by atoms with van der Waals surface area (Å²) in [7, 11) is 0. The van der Waals surface area contributed by atoms with Crippen LogP contribution in [0.3, 0.4) is 0 Å². The molecule has 2 heteroatoms. The fraction of sp³-hybridized carbons (Fsp3) is 0.684. The van der Waals surface area contributed by atoms with Gasteiger partial charge in [0.2, 0.25) is 0 Å². The van der Waals surface area contributed by atoms with Crippen LogP contribution in [0.5, 0.6) is 0 Å². The predicted octanol–water partition coefficient (Wildman–Crippen LogP) is 4.01. The molecule has 0 spiro atoms. The van der Waals surface area contributed by atoms with Crippen LogP contribution < -0.4 is 0 Å². The van der Waals surface area contributed by atoms with Crippen LogP contribution in [0.1, 0.15) is 58.8 Å². The zero-order chi connectivity index (χ0) is 14.8. The number of carbonyl (C=O) groups excluding carboxylic acids is 2. The maximum Gasteiger partial charge on any atom is 0.155 e. The summed E-state index contributed by atoms with van der Waals surface area (Å²) in [6, 6.07) is 0. The minimum absolute atomic E-state index is 0.101. The van der Waals surface area contributed by atoms with E-state index in [1.807, 2.05) is 6.08 Å². The molecule has 21 heavy (non-hydrogen) atoms. The molecule has 0 N–H and O–H groups in total. The number of carbonyl (C=O) groups is 2. The number of hydrogen-bond donors (Lipinski definition) is 0. The van der Waals surface area contributed by atoms with Gasteiger partial charge in [-0.1, -0.05) is 31.1 Å². The zero-order valence-corrected chi connectivity index (χ0v) is 13.1. The van der Waals surface area contributed by atoms with E-state index >= 15 is 0 Å². The molecule has 0 aromatic heterocycles. The second kappa shape index (κ2) is 4.18. The van der Waals surface area contributed by atoms with Crippen molar-refractivity contribution in [2.75, 3.05) is 0 Å². The Kier molecular flexibility index (Phi) is 2.68. The minimum Gasteiger partial charge on any atom is -0.299 e. The van der Waals surface area contributed by atoms with Crippen molar-refractivity contribution in [1.82, 2.24) is 0 Å². The van der Waals surface area contributed by atoms with E-state index in [0.29, 0.717) is 29.8 Å². The van der Waals surface area contributed by atoms with Gasteiger partial charge in [-0.25, -0.2) is 0 Å². The Labute approximate surface area is 126 Å². The lowest BCUT2D eigenvalue weighted by molar-refractivity contribution is -0.127. The third kappa shape index (κ3) is 1.65. The second-order valence-electron chi connectivity index (χ2n) is 7.96. The monoisotopic (exact) mass is 284 g/mol. The van der Waals surface area contributed by atoms with Crippen molar-refractivity contribution >= 4 is 11.6 Å². The van der Waals surface area contributed by atoms with E-state index in [1.54, 1.807) is 5.57 Å². The number of allylic oxidation sites excluding steroid dienone is 4. The smallest absolute Gasteiger partial charge is 0.155 e. The summed E-state index contributed by atoms with van der Waals surface area (Å²) in [5.74, 6) is 1.90. The van der Waals surface area contributed by atoms with Gasteiger partial charge in [-0.05, 0) is 50.0 Å². The van der Waals surface area contributed by atoms with Crippen molar-refractivity contribution in [2.24, 2.45) is 22.7 Å². The van der Waals surface area contributed by atoms with E-state index in [1.165, 1.54) is 5.57 Å². The van der Waals surface area contributed by atoms with Gasteiger partial charge in [0.05, 0.1) is 0 Å². The lowest BCUT2D eigenvalue weighted by atomic mass is 9.52. The van der Waals surface area contributed by atoms with Gasteiger partial charge in [0.1, 0.15) is 5.78 Å². The van der Waals surface area contributed by atoms with Gasteiger partial charge < -0.3 is 0 Å². The Morgan fingerprint density at radius 2 is 1.90 bits per heavy atom. The average molecular weight is 284 g/mol. The molecule has 4 atom stereocenters. The van der Waals surface area contributed by atoms with Gasteiger partial charge in [0.25, 0.3) is 0 Å². The topological polar surface area (TPSA) is 34.1 Å². The van der Waals surface area contributed by atoms with Crippen molar-refractivity contribution in [3.8, 4) is 0 Å². The van der Waals surface area contributed by atoms with Gasteiger partial charge in [0.15, 0.2) is 5.78 Å². The molecule has 2 saturated carbocycles. The third-order valence-corrected chi connectivity index (χ3v) is 7.05. The molecule has 0 aliphatic heterocycles. The molecule has 2 nitrogen and oxygen atoms in total. The summed E-state index contributed by atoms with van der Waals surface area (Å²) in [5, 5.41) is 0. The maximum atomic E-state index is 12.3. The standard InChI is InChI=1S/C19H24O2/c1-18-9-7-13(20)11-12(18)3-4-14-15-5-6-17(21)19(15,2)10-8-16(14)18/h8,11,14-15H,3-7,9-10H2,1-2H3/t14-,15+,18-,19+/m0/s1. The van der Waals surface area contributed by atoms with E-state index < -0.39 is 0 Å². The molecule has 4 rings (SSSR count). The van der Waals surface area contributed by atoms with Gasteiger partial charge in [-0.15, -0.1) is 0 Å². The van der Waals surface area contributed by atoms with E-state index in [-0.39, 0.29) is 10.8 Å². The summed E-state index contributed by atoms with van der Waals surface area (Å²) < 4.78 is 0. The Morgan fingerprint density at radius 1 is 1.10 bits per heavy atom. The number of hydrogen-bond acceptors (Lipinski definition) is 2. The lowest BCUT2D eigenvalue weighted by Crippen LogP contribution is -2.44. The van der Waals surface area contributed by atoms with E-state index in [0.717, 1.165) is 38.5 Å². The number of ketones is 2. The van der Waals surface area contributed by atoms with Crippen LogP contribution in [0.4, 0.5) is 0 Å². The van der Waals surface area contributed by atoms with Crippen molar-refractivity contribution in [3.63, 3.8) is 0 Å². The van der Waals surface area contributed by atoms with Crippen LogP contribution in [0.15, 0.2) is 23.3 Å². The van der Waals surface area contributed by atoms with E-state index in [2.05, 4.69) is 19.9 Å². The van der Waals surface area contributed by atoms with Crippen LogP contribution in [0.2, 0.25) is 0 Å². The minimum atomic E-state index is -0.101. The molecular formula is C19H24O2. The summed E-state index contributed by atoms with van der Waals surface area (Å²) in [5.41, 5.74) is 2.92. The molecule has 0 heterocycles. The molecule has 0 amide bonds. The molecule has 0 bridgehead atoms. The Balaban J connectivity index is 1.78. The van der Waals surface area contributed by atoms with Crippen LogP contribution in [0, 0.1) is 22.7 Å². The largest absolute Gasteiger partial charge is 0.299 e. The van der Waals surface area contributed by atoms with Crippen molar-refractivity contribution in [1.29, 1.82) is 0 Å². The molecule has 0 radical (unpaired) electrons. The first-order valence-electron chi connectivity index (χ1n) is 8.43. The normalized spacial score (nSPS) is 45.4. The van der Waals surface area contributed by atoms with Crippen molar-refractivity contribution in [3.05, 3.63) is 23.3 Å². The summed E-state index contributed by atoms with van der Waals surface area (Å²) in [6.45, 7) is 4.53. The Bertz CT molecular complexity index is 597. The number of fused-ring (bicyclic) bond motifs is 5. The average Bonchev–Trinajstić information content (AvgIpc) is 2.76. The highest BCUT2D eigenvalue weighted by Crippen LogP contribution is 2.62. The molecular weight excluding hydrogens is 260 g/mol. The zero-order valence-electron chi connectivity index (χ0n) is 13.1. The van der Waals surface area contributed by atoms with Crippen LogP contribution >= 0.6 is 0 Å². The lowest BCUT2D eigenvalue weighted by Gasteiger charge is -2.52. The first kappa shape index (κ1) is 13.5. The molecule has 0 saturated heterocycles. The summed E-state index contributed by atoms with van der Waals surface area (Å²) in [4.78, 5) is 24.1. The van der Waals surface area contributed by atoms with Crippen molar-refractivity contribution < 1.29 is 9.59 Å². The number of rotatable bonds is 0. The molecule has 4 aliphatic rings. The fourth-order valence-corrected chi connectivity index (χ4v) is 5.64. The van der Waals surface area contributed by atoms with E-state index in [9.17, 15) is 9.59 Å². The predicted molar refractivity (Wildman–Crippen MR) is 81.7 cm³/mol. The highest BCUT2D eigenvalue weighted by atomic mass is 16.1. The molecule has 4 aliphatic carbocycles.